The number of hydrogen-bond donors (Lipinski definition) is 0. The zero-order valence-electron chi connectivity index (χ0n) is 21.8. The second kappa shape index (κ2) is 11.3. The maximum absolute atomic E-state index is 12.1. The third-order valence-corrected chi connectivity index (χ3v) is 7.55. The maximum atomic E-state index is 12.1. The van der Waals surface area contributed by atoms with Crippen LogP contribution >= 0.6 is 23.2 Å². The van der Waals surface area contributed by atoms with Crippen molar-refractivity contribution in [2.45, 2.75) is 45.7 Å². The molecule has 200 valence electrons. The van der Waals surface area contributed by atoms with E-state index in [0.717, 1.165) is 49.0 Å². The van der Waals surface area contributed by atoms with Crippen LogP contribution in [0.5, 0.6) is 0 Å². The number of aromatic nitrogens is 4. The molecule has 0 saturated carbocycles. The number of esters is 1. The Morgan fingerprint density at radius 1 is 1.03 bits per heavy atom. The Hall–Kier alpha value is -3.17. The summed E-state index contributed by atoms with van der Waals surface area (Å²) in [5, 5.41) is 0.998. The lowest BCUT2D eigenvalue weighted by atomic mass is 10.1. The lowest BCUT2D eigenvalue weighted by molar-refractivity contribution is 0.0526. The first kappa shape index (κ1) is 26.4. The van der Waals surface area contributed by atoms with Gasteiger partial charge in [0, 0.05) is 68.5 Å². The van der Waals surface area contributed by atoms with E-state index in [-0.39, 0.29) is 6.04 Å². The van der Waals surface area contributed by atoms with Gasteiger partial charge in [-0.05, 0) is 45.7 Å². The van der Waals surface area contributed by atoms with E-state index in [1.807, 2.05) is 12.1 Å². The summed E-state index contributed by atoms with van der Waals surface area (Å²) in [6.07, 6.45) is 7.18. The summed E-state index contributed by atoms with van der Waals surface area (Å²) < 4.78 is 5.06. The van der Waals surface area contributed by atoms with Crippen molar-refractivity contribution in [2.75, 3.05) is 47.5 Å². The van der Waals surface area contributed by atoms with Crippen LogP contribution in [0.15, 0.2) is 36.8 Å². The number of nitrogens with zero attached hydrogens (tertiary/aromatic N) is 7. The standard InChI is InChI=1S/C27H31Cl2N7O2/c1-4-38-26(37)20-11-22(29)25(31-14-20)34-8-9-35(18(3)16-34)24-12-23(19-10-21(28)15-30-13-19)32-27(33-24)36-7-5-6-17(36)2/h10-15,17-18H,4-9,16H2,1-3H3/t17?,18-/m1/s1. The van der Waals surface area contributed by atoms with Crippen LogP contribution in [0.3, 0.4) is 0 Å². The quantitative estimate of drug-likeness (QED) is 0.384. The zero-order valence-corrected chi connectivity index (χ0v) is 23.3. The number of rotatable bonds is 6. The highest BCUT2D eigenvalue weighted by atomic mass is 35.5. The van der Waals surface area contributed by atoms with Gasteiger partial charge in [-0.2, -0.15) is 4.98 Å². The Bertz CT molecular complexity index is 1320. The average molecular weight is 556 g/mol. The van der Waals surface area contributed by atoms with E-state index < -0.39 is 5.97 Å². The van der Waals surface area contributed by atoms with Crippen molar-refractivity contribution in [1.29, 1.82) is 0 Å². The number of halogens is 2. The molecule has 0 bridgehead atoms. The van der Waals surface area contributed by atoms with Crippen LogP contribution in [-0.4, -0.2) is 70.8 Å². The van der Waals surface area contributed by atoms with Gasteiger partial charge in [-0.15, -0.1) is 0 Å². The van der Waals surface area contributed by atoms with Crippen molar-refractivity contribution in [1.82, 2.24) is 19.9 Å². The van der Waals surface area contributed by atoms with Crippen LogP contribution < -0.4 is 14.7 Å². The average Bonchev–Trinajstić information content (AvgIpc) is 3.34. The van der Waals surface area contributed by atoms with E-state index in [4.69, 9.17) is 37.9 Å². The molecule has 0 radical (unpaired) electrons. The van der Waals surface area contributed by atoms with Crippen LogP contribution in [0.25, 0.3) is 11.3 Å². The fourth-order valence-electron chi connectivity index (χ4n) is 5.11. The molecular weight excluding hydrogens is 525 g/mol. The molecule has 2 saturated heterocycles. The molecule has 0 aromatic carbocycles. The van der Waals surface area contributed by atoms with Gasteiger partial charge >= 0.3 is 5.97 Å². The molecule has 38 heavy (non-hydrogen) atoms. The largest absolute Gasteiger partial charge is 0.462 e. The Morgan fingerprint density at radius 3 is 2.55 bits per heavy atom. The fourth-order valence-corrected chi connectivity index (χ4v) is 5.57. The van der Waals surface area contributed by atoms with Gasteiger partial charge in [-0.3, -0.25) is 4.98 Å². The van der Waals surface area contributed by atoms with Crippen LogP contribution in [0.2, 0.25) is 10.0 Å². The monoisotopic (exact) mass is 555 g/mol. The summed E-state index contributed by atoms with van der Waals surface area (Å²) in [7, 11) is 0. The van der Waals surface area contributed by atoms with Gasteiger partial charge in [0.15, 0.2) is 0 Å². The molecule has 5 rings (SSSR count). The predicted molar refractivity (Wildman–Crippen MR) is 151 cm³/mol. The van der Waals surface area contributed by atoms with E-state index in [0.29, 0.717) is 47.2 Å². The topological polar surface area (TPSA) is 87.6 Å². The zero-order chi connectivity index (χ0) is 26.8. The molecule has 5 heterocycles. The van der Waals surface area contributed by atoms with E-state index in [9.17, 15) is 4.79 Å². The van der Waals surface area contributed by atoms with Crippen LogP contribution in [0.1, 0.15) is 44.0 Å². The Balaban J connectivity index is 1.41. The number of ether oxygens (including phenoxy) is 1. The first-order valence-corrected chi connectivity index (χ1v) is 13.7. The molecule has 11 heteroatoms. The summed E-state index contributed by atoms with van der Waals surface area (Å²) in [6, 6.07) is 6.03. The highest BCUT2D eigenvalue weighted by molar-refractivity contribution is 6.33. The van der Waals surface area contributed by atoms with Gasteiger partial charge < -0.3 is 19.4 Å². The third kappa shape index (κ3) is 5.49. The minimum Gasteiger partial charge on any atom is -0.462 e. The minimum absolute atomic E-state index is 0.121. The second-order valence-corrected chi connectivity index (χ2v) is 10.6. The molecule has 2 aliphatic heterocycles. The number of carbonyl (C=O) groups excluding carboxylic acids is 1. The molecule has 2 aliphatic rings. The number of carbonyl (C=O) groups is 1. The van der Waals surface area contributed by atoms with Crippen molar-refractivity contribution in [3.05, 3.63) is 52.4 Å². The van der Waals surface area contributed by atoms with Crippen molar-refractivity contribution >= 4 is 46.8 Å². The van der Waals surface area contributed by atoms with E-state index >= 15 is 0 Å². The number of pyridine rings is 2. The lowest BCUT2D eigenvalue weighted by Gasteiger charge is -2.41. The molecule has 2 atom stereocenters. The van der Waals surface area contributed by atoms with Gasteiger partial charge in [-0.25, -0.2) is 14.8 Å². The van der Waals surface area contributed by atoms with Crippen molar-refractivity contribution in [3.63, 3.8) is 0 Å². The molecule has 9 nitrogen and oxygen atoms in total. The molecule has 0 amide bonds. The minimum atomic E-state index is -0.427. The molecule has 3 aromatic rings. The summed E-state index contributed by atoms with van der Waals surface area (Å²) in [5.41, 5.74) is 2.01. The molecule has 0 spiro atoms. The highest BCUT2D eigenvalue weighted by Crippen LogP contribution is 2.32. The van der Waals surface area contributed by atoms with Crippen molar-refractivity contribution in [3.8, 4) is 11.3 Å². The summed E-state index contributed by atoms with van der Waals surface area (Å²) in [5.74, 6) is 1.83. The summed E-state index contributed by atoms with van der Waals surface area (Å²) >= 11 is 12.8. The number of anilines is 3. The van der Waals surface area contributed by atoms with Gasteiger partial charge in [-0.1, -0.05) is 23.2 Å². The van der Waals surface area contributed by atoms with Gasteiger partial charge in [0.1, 0.15) is 11.6 Å². The van der Waals surface area contributed by atoms with Crippen molar-refractivity contribution < 1.29 is 9.53 Å². The van der Waals surface area contributed by atoms with E-state index in [1.165, 1.54) is 6.20 Å². The molecule has 0 N–H and O–H groups in total. The normalized spacial score (nSPS) is 19.7. The van der Waals surface area contributed by atoms with Crippen LogP contribution in [0, 0.1) is 0 Å². The summed E-state index contributed by atoms with van der Waals surface area (Å²) in [4.78, 5) is 37.5. The first-order chi connectivity index (χ1) is 18.3. The van der Waals surface area contributed by atoms with Gasteiger partial charge in [0.2, 0.25) is 5.95 Å². The van der Waals surface area contributed by atoms with Gasteiger partial charge in [0.25, 0.3) is 0 Å². The van der Waals surface area contributed by atoms with Crippen LogP contribution in [0.4, 0.5) is 17.6 Å². The summed E-state index contributed by atoms with van der Waals surface area (Å²) in [6.45, 7) is 9.49. The first-order valence-electron chi connectivity index (χ1n) is 12.9. The number of hydrogen-bond acceptors (Lipinski definition) is 9. The van der Waals surface area contributed by atoms with E-state index in [2.05, 4.69) is 38.5 Å². The molecule has 2 fully saturated rings. The lowest BCUT2D eigenvalue weighted by Crippen LogP contribution is -2.52. The van der Waals surface area contributed by atoms with E-state index in [1.54, 1.807) is 25.4 Å². The Labute approximate surface area is 232 Å². The SMILES string of the molecule is CCOC(=O)c1cnc(N2CCN(c3cc(-c4cncc(Cl)c4)nc(N4CCCC4C)n3)[C@H](C)C2)c(Cl)c1. The van der Waals surface area contributed by atoms with Crippen molar-refractivity contribution in [2.24, 2.45) is 0 Å². The fraction of sp³-hybridized carbons (Fsp3) is 0.444. The smallest absolute Gasteiger partial charge is 0.339 e. The highest BCUT2D eigenvalue weighted by Gasteiger charge is 2.30. The maximum Gasteiger partial charge on any atom is 0.339 e. The second-order valence-electron chi connectivity index (χ2n) is 9.73. The molecule has 1 unspecified atom stereocenters. The molecule has 3 aromatic heterocycles. The van der Waals surface area contributed by atoms with Gasteiger partial charge in [0.05, 0.1) is 27.9 Å². The third-order valence-electron chi connectivity index (χ3n) is 7.07. The molecular formula is C27H31Cl2N7O2. The number of piperazine rings is 1. The van der Waals surface area contributed by atoms with Crippen LogP contribution in [-0.2, 0) is 4.74 Å². The molecule has 0 aliphatic carbocycles. The predicted octanol–water partition coefficient (Wildman–Crippen LogP) is 5.12. The Morgan fingerprint density at radius 2 is 1.87 bits per heavy atom. The Kier molecular flexibility index (Phi) is 7.85.